The third-order valence-electron chi connectivity index (χ3n) is 3.68. The number of carbonyl (C=O) groups is 1. The zero-order valence-electron chi connectivity index (χ0n) is 13.8. The minimum absolute atomic E-state index is 0.206. The highest BCUT2D eigenvalue weighted by Crippen LogP contribution is 2.27. The Morgan fingerprint density at radius 2 is 1.65 bits per heavy atom. The molecule has 2 aromatic heterocycles. The summed E-state index contributed by atoms with van der Waals surface area (Å²) in [6.45, 7) is 1.97. The zero-order chi connectivity index (χ0) is 17.9. The Hall–Kier alpha value is -2.90. The van der Waals surface area contributed by atoms with E-state index in [1.807, 2.05) is 54.8 Å². The van der Waals surface area contributed by atoms with Crippen molar-refractivity contribution >= 4 is 33.7 Å². The summed E-state index contributed by atoms with van der Waals surface area (Å²) < 4.78 is 0. The molecular weight excluding hydrogens is 364 g/mol. The van der Waals surface area contributed by atoms with Gasteiger partial charge in [0.2, 0.25) is 5.13 Å². The van der Waals surface area contributed by atoms with Crippen molar-refractivity contribution in [3.63, 3.8) is 0 Å². The van der Waals surface area contributed by atoms with Crippen LogP contribution in [0, 0.1) is 6.92 Å². The van der Waals surface area contributed by atoms with E-state index in [2.05, 4.69) is 20.5 Å². The molecule has 0 atom stereocenters. The summed E-state index contributed by atoms with van der Waals surface area (Å²) in [5.41, 5.74) is 3.55. The van der Waals surface area contributed by atoms with Gasteiger partial charge in [-0.25, -0.2) is 4.98 Å². The lowest BCUT2D eigenvalue weighted by Gasteiger charge is -2.02. The standard InChI is InChI=1S/C19H14N4OS2/c1-12-11-25-17(20-12)15-9-7-13(8-10-15)16(24)21-19-23-22-18(26-19)14-5-3-2-4-6-14/h2-11H,1H3,(H,21,23,24). The van der Waals surface area contributed by atoms with Crippen LogP contribution in [-0.2, 0) is 0 Å². The third-order valence-corrected chi connectivity index (χ3v) is 5.58. The Morgan fingerprint density at radius 3 is 2.35 bits per heavy atom. The first-order valence-electron chi connectivity index (χ1n) is 7.92. The average molecular weight is 378 g/mol. The van der Waals surface area contributed by atoms with Crippen LogP contribution >= 0.6 is 22.7 Å². The summed E-state index contributed by atoms with van der Waals surface area (Å²) >= 11 is 2.94. The molecule has 0 unspecified atom stereocenters. The monoisotopic (exact) mass is 378 g/mol. The van der Waals surface area contributed by atoms with Gasteiger partial charge in [0.15, 0.2) is 0 Å². The molecule has 7 heteroatoms. The first-order valence-corrected chi connectivity index (χ1v) is 9.61. The molecule has 4 rings (SSSR count). The molecule has 0 saturated carbocycles. The number of carbonyl (C=O) groups excluding carboxylic acids is 1. The number of benzene rings is 2. The van der Waals surface area contributed by atoms with Crippen molar-refractivity contribution in [3.8, 4) is 21.1 Å². The van der Waals surface area contributed by atoms with Crippen molar-refractivity contribution in [1.82, 2.24) is 15.2 Å². The van der Waals surface area contributed by atoms with Gasteiger partial charge in [-0.2, -0.15) is 0 Å². The van der Waals surface area contributed by atoms with Crippen molar-refractivity contribution in [2.75, 3.05) is 5.32 Å². The summed E-state index contributed by atoms with van der Waals surface area (Å²) in [5.74, 6) is -0.206. The van der Waals surface area contributed by atoms with E-state index < -0.39 is 0 Å². The molecule has 4 aromatic rings. The number of amides is 1. The molecule has 2 heterocycles. The topological polar surface area (TPSA) is 67.8 Å². The van der Waals surface area contributed by atoms with Crippen molar-refractivity contribution in [3.05, 3.63) is 71.2 Å². The van der Waals surface area contributed by atoms with Gasteiger partial charge in [0.25, 0.3) is 5.91 Å². The van der Waals surface area contributed by atoms with Crippen molar-refractivity contribution in [2.45, 2.75) is 6.92 Å². The molecule has 0 saturated heterocycles. The average Bonchev–Trinajstić information content (AvgIpc) is 3.32. The maximum atomic E-state index is 12.4. The van der Waals surface area contributed by atoms with E-state index in [-0.39, 0.29) is 5.91 Å². The number of aromatic nitrogens is 3. The Labute approximate surface area is 158 Å². The molecule has 128 valence electrons. The molecule has 0 bridgehead atoms. The number of hydrogen-bond acceptors (Lipinski definition) is 6. The quantitative estimate of drug-likeness (QED) is 0.549. The minimum Gasteiger partial charge on any atom is -0.296 e. The predicted molar refractivity (Wildman–Crippen MR) is 106 cm³/mol. The number of rotatable bonds is 4. The molecule has 26 heavy (non-hydrogen) atoms. The molecule has 0 radical (unpaired) electrons. The first-order chi connectivity index (χ1) is 12.7. The van der Waals surface area contributed by atoms with Gasteiger partial charge >= 0.3 is 0 Å². The number of anilines is 1. The molecule has 0 fully saturated rings. The van der Waals surface area contributed by atoms with E-state index in [4.69, 9.17) is 0 Å². The summed E-state index contributed by atoms with van der Waals surface area (Å²) in [7, 11) is 0. The fraction of sp³-hybridized carbons (Fsp3) is 0.0526. The normalized spacial score (nSPS) is 10.7. The molecule has 1 N–H and O–H groups in total. The Morgan fingerprint density at radius 1 is 0.923 bits per heavy atom. The Bertz CT molecular complexity index is 1040. The van der Waals surface area contributed by atoms with E-state index in [9.17, 15) is 4.79 Å². The SMILES string of the molecule is Cc1csc(-c2ccc(C(=O)Nc3nnc(-c4ccccc4)s3)cc2)n1. The van der Waals surface area contributed by atoms with Crippen LogP contribution in [0.25, 0.3) is 21.1 Å². The molecule has 1 amide bonds. The van der Waals surface area contributed by atoms with Gasteiger partial charge in [-0.15, -0.1) is 21.5 Å². The van der Waals surface area contributed by atoms with Crippen LogP contribution in [0.3, 0.4) is 0 Å². The summed E-state index contributed by atoms with van der Waals surface area (Å²) in [6.07, 6.45) is 0. The second kappa shape index (κ2) is 7.15. The second-order valence-electron chi connectivity index (χ2n) is 5.60. The lowest BCUT2D eigenvalue weighted by Crippen LogP contribution is -2.11. The van der Waals surface area contributed by atoms with E-state index in [1.54, 1.807) is 23.5 Å². The molecule has 2 aromatic carbocycles. The van der Waals surface area contributed by atoms with E-state index in [0.29, 0.717) is 10.7 Å². The summed E-state index contributed by atoms with van der Waals surface area (Å²) in [5, 5.41) is 15.2. The van der Waals surface area contributed by atoms with E-state index in [0.717, 1.165) is 26.8 Å². The second-order valence-corrected chi connectivity index (χ2v) is 7.44. The van der Waals surface area contributed by atoms with Gasteiger partial charge in [-0.1, -0.05) is 53.8 Å². The Kier molecular flexibility index (Phi) is 4.55. The number of thiazole rings is 1. The third kappa shape index (κ3) is 3.54. The highest BCUT2D eigenvalue weighted by molar-refractivity contribution is 7.18. The van der Waals surface area contributed by atoms with Crippen LogP contribution in [0.4, 0.5) is 5.13 Å². The number of nitrogens with one attached hydrogen (secondary N) is 1. The van der Waals surface area contributed by atoms with Gasteiger partial charge in [-0.3, -0.25) is 10.1 Å². The molecule has 0 aliphatic carbocycles. The smallest absolute Gasteiger partial charge is 0.257 e. The zero-order valence-corrected chi connectivity index (χ0v) is 15.5. The van der Waals surface area contributed by atoms with Crippen molar-refractivity contribution < 1.29 is 4.79 Å². The number of nitrogens with zero attached hydrogens (tertiary/aromatic N) is 3. The maximum absolute atomic E-state index is 12.4. The lowest BCUT2D eigenvalue weighted by atomic mass is 10.1. The largest absolute Gasteiger partial charge is 0.296 e. The van der Waals surface area contributed by atoms with Crippen LogP contribution in [-0.4, -0.2) is 21.1 Å². The number of aryl methyl sites for hydroxylation is 1. The first kappa shape index (κ1) is 16.6. The van der Waals surface area contributed by atoms with Gasteiger partial charge in [0.05, 0.1) is 0 Å². The van der Waals surface area contributed by atoms with Gasteiger partial charge < -0.3 is 0 Å². The molecular formula is C19H14N4OS2. The molecule has 0 aliphatic rings. The van der Waals surface area contributed by atoms with Crippen LogP contribution in [0.15, 0.2) is 60.0 Å². The van der Waals surface area contributed by atoms with Crippen molar-refractivity contribution in [2.24, 2.45) is 0 Å². The molecule has 5 nitrogen and oxygen atoms in total. The highest BCUT2D eigenvalue weighted by atomic mass is 32.1. The van der Waals surface area contributed by atoms with E-state index in [1.165, 1.54) is 11.3 Å². The van der Waals surface area contributed by atoms with Crippen LogP contribution in [0.2, 0.25) is 0 Å². The number of hydrogen-bond donors (Lipinski definition) is 1. The predicted octanol–water partition coefficient (Wildman–Crippen LogP) is 4.89. The van der Waals surface area contributed by atoms with E-state index >= 15 is 0 Å². The maximum Gasteiger partial charge on any atom is 0.257 e. The lowest BCUT2D eigenvalue weighted by molar-refractivity contribution is 0.102. The fourth-order valence-electron chi connectivity index (χ4n) is 2.39. The molecule has 0 spiro atoms. The van der Waals surface area contributed by atoms with Gasteiger partial charge in [0.1, 0.15) is 10.0 Å². The van der Waals surface area contributed by atoms with Crippen LogP contribution in [0.5, 0.6) is 0 Å². The highest BCUT2D eigenvalue weighted by Gasteiger charge is 2.12. The van der Waals surface area contributed by atoms with Gasteiger partial charge in [-0.05, 0) is 19.1 Å². The van der Waals surface area contributed by atoms with Crippen LogP contribution < -0.4 is 5.32 Å². The van der Waals surface area contributed by atoms with Crippen molar-refractivity contribution in [1.29, 1.82) is 0 Å². The fourth-order valence-corrected chi connectivity index (χ4v) is 3.94. The van der Waals surface area contributed by atoms with Crippen LogP contribution in [0.1, 0.15) is 16.1 Å². The Balaban J connectivity index is 1.47. The van der Waals surface area contributed by atoms with Gasteiger partial charge in [0, 0.05) is 27.8 Å². The summed E-state index contributed by atoms with van der Waals surface area (Å²) in [6, 6.07) is 17.2. The molecule has 0 aliphatic heterocycles. The summed E-state index contributed by atoms with van der Waals surface area (Å²) in [4.78, 5) is 16.9. The minimum atomic E-state index is -0.206.